The minimum absolute atomic E-state index is 0.0839. The molecule has 2 aromatic carbocycles. The highest BCUT2D eigenvalue weighted by atomic mass is 16.6. The van der Waals surface area contributed by atoms with Crippen LogP contribution in [-0.2, 0) is 13.1 Å². The lowest BCUT2D eigenvalue weighted by molar-refractivity contribution is -0.385. The first kappa shape index (κ1) is 13.1. The Morgan fingerprint density at radius 3 is 2.81 bits per heavy atom. The summed E-state index contributed by atoms with van der Waals surface area (Å²) in [4.78, 5) is 22.2. The minimum Gasteiger partial charge on any atom is -0.380 e. The van der Waals surface area contributed by atoms with E-state index in [1.54, 1.807) is 30.3 Å². The molecule has 0 aliphatic carbocycles. The van der Waals surface area contributed by atoms with Crippen LogP contribution in [0.5, 0.6) is 0 Å². The lowest BCUT2D eigenvalue weighted by atomic mass is 10.1. The second-order valence-corrected chi connectivity index (χ2v) is 4.75. The van der Waals surface area contributed by atoms with E-state index in [2.05, 4.69) is 10.6 Å². The van der Waals surface area contributed by atoms with Crippen LogP contribution in [0.1, 0.15) is 21.5 Å². The summed E-state index contributed by atoms with van der Waals surface area (Å²) in [6.45, 7) is 0.815. The Balaban J connectivity index is 1.84. The van der Waals surface area contributed by atoms with E-state index >= 15 is 0 Å². The third-order valence-electron chi connectivity index (χ3n) is 3.50. The average Bonchev–Trinajstić information content (AvgIpc) is 2.87. The van der Waals surface area contributed by atoms with Crippen LogP contribution in [-0.4, -0.2) is 10.8 Å². The van der Waals surface area contributed by atoms with Crippen molar-refractivity contribution < 1.29 is 9.72 Å². The van der Waals surface area contributed by atoms with Gasteiger partial charge in [0.15, 0.2) is 0 Å². The fraction of sp³-hybridized carbons (Fsp3) is 0.133. The molecule has 1 heterocycles. The van der Waals surface area contributed by atoms with Crippen LogP contribution in [0.25, 0.3) is 0 Å². The molecule has 106 valence electrons. The molecule has 6 heteroatoms. The van der Waals surface area contributed by atoms with E-state index < -0.39 is 4.92 Å². The highest BCUT2D eigenvalue weighted by molar-refractivity contribution is 5.99. The summed E-state index contributed by atoms with van der Waals surface area (Å²) in [5.74, 6) is -0.0839. The van der Waals surface area contributed by atoms with Gasteiger partial charge in [-0.1, -0.05) is 24.3 Å². The number of anilines is 1. The quantitative estimate of drug-likeness (QED) is 0.666. The number of nitrogens with one attached hydrogen (secondary N) is 2. The zero-order chi connectivity index (χ0) is 14.8. The van der Waals surface area contributed by atoms with E-state index in [1.165, 1.54) is 6.07 Å². The first-order chi connectivity index (χ1) is 10.2. The molecule has 0 spiro atoms. The Bertz CT molecular complexity index is 728. The molecule has 0 unspecified atom stereocenters. The van der Waals surface area contributed by atoms with Crippen LogP contribution in [0.3, 0.4) is 0 Å². The summed E-state index contributed by atoms with van der Waals surface area (Å²) in [5, 5.41) is 16.9. The number of hydrogen-bond donors (Lipinski definition) is 2. The Kier molecular flexibility index (Phi) is 3.27. The molecule has 1 aliphatic heterocycles. The number of nitro groups is 1. The molecule has 0 radical (unpaired) electrons. The minimum atomic E-state index is -0.391. The number of para-hydroxylation sites is 1. The normalized spacial score (nSPS) is 12.7. The van der Waals surface area contributed by atoms with Crippen molar-refractivity contribution in [3.05, 3.63) is 69.3 Å². The van der Waals surface area contributed by atoms with Gasteiger partial charge in [-0.25, -0.2) is 0 Å². The van der Waals surface area contributed by atoms with Gasteiger partial charge in [0.05, 0.1) is 4.92 Å². The van der Waals surface area contributed by atoms with Gasteiger partial charge in [0.2, 0.25) is 0 Å². The molecule has 1 aliphatic rings. The van der Waals surface area contributed by atoms with Crippen LogP contribution in [0, 0.1) is 10.1 Å². The first-order valence-electron chi connectivity index (χ1n) is 6.53. The smallest absolute Gasteiger partial charge is 0.274 e. The number of nitro benzene ring substituents is 1. The molecule has 0 saturated carbocycles. The molecule has 0 fully saturated rings. The lowest BCUT2D eigenvalue weighted by Gasteiger charge is -2.10. The molecular weight excluding hydrogens is 270 g/mol. The highest BCUT2D eigenvalue weighted by Crippen LogP contribution is 2.26. The van der Waals surface area contributed by atoms with Gasteiger partial charge in [0.25, 0.3) is 11.6 Å². The van der Waals surface area contributed by atoms with Gasteiger partial charge < -0.3 is 10.6 Å². The summed E-state index contributed by atoms with van der Waals surface area (Å²) < 4.78 is 0. The number of rotatable bonds is 4. The highest BCUT2D eigenvalue weighted by Gasteiger charge is 2.21. The van der Waals surface area contributed by atoms with Crippen molar-refractivity contribution in [2.75, 3.05) is 5.32 Å². The number of nitrogens with zero attached hydrogens (tertiary/aromatic N) is 1. The van der Waals surface area contributed by atoms with Gasteiger partial charge in [-0.3, -0.25) is 14.9 Å². The van der Waals surface area contributed by atoms with Crippen LogP contribution in [0.4, 0.5) is 11.4 Å². The molecule has 1 amide bonds. The van der Waals surface area contributed by atoms with Crippen LogP contribution in [0.15, 0.2) is 42.5 Å². The molecule has 2 aromatic rings. The number of amides is 1. The molecule has 0 bridgehead atoms. The lowest BCUT2D eigenvalue weighted by Crippen LogP contribution is -2.12. The second-order valence-electron chi connectivity index (χ2n) is 4.75. The molecule has 3 rings (SSSR count). The predicted molar refractivity (Wildman–Crippen MR) is 78.0 cm³/mol. The summed E-state index contributed by atoms with van der Waals surface area (Å²) in [6.07, 6.45) is 0. The van der Waals surface area contributed by atoms with E-state index in [4.69, 9.17) is 0 Å². The second kappa shape index (κ2) is 5.24. The van der Waals surface area contributed by atoms with Crippen LogP contribution >= 0.6 is 0 Å². The third kappa shape index (κ3) is 2.43. The molecule has 0 aromatic heterocycles. The topological polar surface area (TPSA) is 84.3 Å². The summed E-state index contributed by atoms with van der Waals surface area (Å²) in [6, 6.07) is 12.1. The fourth-order valence-corrected chi connectivity index (χ4v) is 2.45. The summed E-state index contributed by atoms with van der Waals surface area (Å²) in [5.41, 5.74) is 3.08. The molecule has 2 N–H and O–H groups in total. The van der Waals surface area contributed by atoms with Crippen molar-refractivity contribution in [2.24, 2.45) is 0 Å². The van der Waals surface area contributed by atoms with Gasteiger partial charge in [-0.15, -0.1) is 0 Å². The SMILES string of the molecule is O=C1NCc2c(NCc3ccccc3[N+](=O)[O-])cccc21. The van der Waals surface area contributed by atoms with E-state index in [1.807, 2.05) is 6.07 Å². The maximum absolute atomic E-state index is 11.6. The Morgan fingerprint density at radius 2 is 2.00 bits per heavy atom. The van der Waals surface area contributed by atoms with E-state index in [0.29, 0.717) is 24.2 Å². The number of carbonyl (C=O) groups is 1. The van der Waals surface area contributed by atoms with E-state index in [0.717, 1.165) is 11.3 Å². The monoisotopic (exact) mass is 283 g/mol. The van der Waals surface area contributed by atoms with Crippen LogP contribution < -0.4 is 10.6 Å². The van der Waals surface area contributed by atoms with Crippen molar-refractivity contribution in [3.63, 3.8) is 0 Å². The Labute approximate surface area is 120 Å². The maximum Gasteiger partial charge on any atom is 0.274 e. The first-order valence-corrected chi connectivity index (χ1v) is 6.53. The van der Waals surface area contributed by atoms with E-state index in [9.17, 15) is 14.9 Å². The van der Waals surface area contributed by atoms with Gasteiger partial charge in [-0.2, -0.15) is 0 Å². The Morgan fingerprint density at radius 1 is 1.19 bits per heavy atom. The predicted octanol–water partition coefficient (Wildman–Crippen LogP) is 2.45. The molecule has 21 heavy (non-hydrogen) atoms. The number of hydrogen-bond acceptors (Lipinski definition) is 4. The van der Waals surface area contributed by atoms with Crippen molar-refractivity contribution >= 4 is 17.3 Å². The van der Waals surface area contributed by atoms with Gasteiger partial charge >= 0.3 is 0 Å². The van der Waals surface area contributed by atoms with Crippen molar-refractivity contribution in [3.8, 4) is 0 Å². The largest absolute Gasteiger partial charge is 0.380 e. The number of fused-ring (bicyclic) bond motifs is 1. The molecular formula is C15H13N3O3. The van der Waals surface area contributed by atoms with Crippen molar-refractivity contribution in [1.29, 1.82) is 0 Å². The van der Waals surface area contributed by atoms with Gasteiger partial charge in [0.1, 0.15) is 0 Å². The molecule has 0 saturated heterocycles. The molecule has 0 atom stereocenters. The maximum atomic E-state index is 11.6. The fourth-order valence-electron chi connectivity index (χ4n) is 2.45. The zero-order valence-electron chi connectivity index (χ0n) is 11.1. The van der Waals surface area contributed by atoms with E-state index in [-0.39, 0.29) is 11.6 Å². The third-order valence-corrected chi connectivity index (χ3v) is 3.50. The standard InChI is InChI=1S/C15H13N3O3/c19-15-11-5-3-6-13(12(11)9-17-15)16-8-10-4-1-2-7-14(10)18(20)21/h1-7,16H,8-9H2,(H,17,19). The summed E-state index contributed by atoms with van der Waals surface area (Å²) in [7, 11) is 0. The number of carbonyl (C=O) groups excluding carboxylic acids is 1. The average molecular weight is 283 g/mol. The van der Waals surface area contributed by atoms with Gasteiger partial charge in [-0.05, 0) is 12.1 Å². The van der Waals surface area contributed by atoms with Crippen molar-refractivity contribution in [2.45, 2.75) is 13.1 Å². The summed E-state index contributed by atoms with van der Waals surface area (Å²) >= 11 is 0. The Hall–Kier alpha value is -2.89. The van der Waals surface area contributed by atoms with Gasteiger partial charge in [0, 0.05) is 41.5 Å². The van der Waals surface area contributed by atoms with Crippen LogP contribution in [0.2, 0.25) is 0 Å². The number of benzene rings is 2. The zero-order valence-corrected chi connectivity index (χ0v) is 11.1. The molecule has 6 nitrogen and oxygen atoms in total. The van der Waals surface area contributed by atoms with Crippen molar-refractivity contribution in [1.82, 2.24) is 5.32 Å².